The number of hydrogen-bond donors (Lipinski definition) is 2. The van der Waals surface area contributed by atoms with Gasteiger partial charge in [0.25, 0.3) is 0 Å². The van der Waals surface area contributed by atoms with E-state index in [0.717, 1.165) is 11.1 Å². The van der Waals surface area contributed by atoms with Crippen molar-refractivity contribution in [3.8, 4) is 11.5 Å². The molecule has 0 amide bonds. The van der Waals surface area contributed by atoms with Crippen molar-refractivity contribution in [3.05, 3.63) is 29.8 Å². The van der Waals surface area contributed by atoms with E-state index >= 15 is 0 Å². The number of phenols is 1. The van der Waals surface area contributed by atoms with E-state index in [0.29, 0.717) is 11.3 Å². The molecule has 0 aliphatic rings. The normalized spacial score (nSPS) is 9.93. The Balaban J connectivity index is 3.32. The van der Waals surface area contributed by atoms with Gasteiger partial charge in [-0.25, -0.2) is 0 Å². The third kappa shape index (κ3) is 1.88. The Morgan fingerprint density at radius 2 is 2.14 bits per heavy atom. The first-order valence-corrected chi connectivity index (χ1v) is 4.26. The summed E-state index contributed by atoms with van der Waals surface area (Å²) in [4.78, 5) is 0. The number of benzene rings is 1. The number of aromatic hydroxyl groups is 1. The van der Waals surface area contributed by atoms with E-state index in [4.69, 9.17) is 9.84 Å². The average molecular weight is 194 g/mol. The second-order valence-electron chi connectivity index (χ2n) is 3.12. The molecule has 0 unspecified atom stereocenters. The number of allylic oxidation sites excluding steroid dienone is 1. The lowest BCUT2D eigenvalue weighted by atomic mass is 10.0. The number of aliphatic hydroxyl groups is 1. The van der Waals surface area contributed by atoms with Crippen molar-refractivity contribution in [2.45, 2.75) is 13.5 Å². The highest BCUT2D eigenvalue weighted by molar-refractivity contribution is 5.66. The van der Waals surface area contributed by atoms with Crippen molar-refractivity contribution < 1.29 is 14.9 Å². The van der Waals surface area contributed by atoms with Gasteiger partial charge in [-0.05, 0) is 24.6 Å². The molecule has 0 saturated heterocycles. The van der Waals surface area contributed by atoms with Crippen LogP contribution in [0.15, 0.2) is 18.7 Å². The third-order valence-electron chi connectivity index (χ3n) is 2.04. The first-order valence-electron chi connectivity index (χ1n) is 4.26. The molecule has 0 fully saturated rings. The largest absolute Gasteiger partial charge is 0.504 e. The monoisotopic (exact) mass is 194 g/mol. The molecule has 14 heavy (non-hydrogen) atoms. The Hall–Kier alpha value is -1.48. The van der Waals surface area contributed by atoms with Crippen LogP contribution in [-0.2, 0) is 6.61 Å². The van der Waals surface area contributed by atoms with Gasteiger partial charge in [-0.1, -0.05) is 12.2 Å². The topological polar surface area (TPSA) is 49.7 Å². The molecule has 3 nitrogen and oxygen atoms in total. The van der Waals surface area contributed by atoms with E-state index in [1.807, 2.05) is 6.92 Å². The fraction of sp³-hybridized carbons (Fsp3) is 0.273. The molecular weight excluding hydrogens is 180 g/mol. The van der Waals surface area contributed by atoms with Crippen LogP contribution in [-0.4, -0.2) is 17.3 Å². The molecule has 0 saturated carbocycles. The van der Waals surface area contributed by atoms with Gasteiger partial charge in [0.05, 0.1) is 13.7 Å². The van der Waals surface area contributed by atoms with Gasteiger partial charge < -0.3 is 14.9 Å². The summed E-state index contributed by atoms with van der Waals surface area (Å²) in [5.41, 5.74) is 2.16. The summed E-state index contributed by atoms with van der Waals surface area (Å²) >= 11 is 0. The highest BCUT2D eigenvalue weighted by atomic mass is 16.5. The Kier molecular flexibility index (Phi) is 3.14. The lowest BCUT2D eigenvalue weighted by Gasteiger charge is -2.10. The van der Waals surface area contributed by atoms with Crippen molar-refractivity contribution in [3.63, 3.8) is 0 Å². The molecule has 1 aromatic rings. The van der Waals surface area contributed by atoms with Gasteiger partial charge in [0, 0.05) is 5.56 Å². The molecule has 3 heteroatoms. The van der Waals surface area contributed by atoms with Crippen molar-refractivity contribution >= 4 is 5.57 Å². The molecule has 0 bridgehead atoms. The number of hydrogen-bond acceptors (Lipinski definition) is 3. The summed E-state index contributed by atoms with van der Waals surface area (Å²) in [6, 6.07) is 3.39. The molecule has 2 N–H and O–H groups in total. The SMILES string of the molecule is C=C(C)c1cc(CO)c(O)c(OC)c1. The van der Waals surface area contributed by atoms with E-state index in [1.54, 1.807) is 12.1 Å². The van der Waals surface area contributed by atoms with Crippen molar-refractivity contribution in [1.29, 1.82) is 0 Å². The maximum absolute atomic E-state index is 9.58. The van der Waals surface area contributed by atoms with Crippen LogP contribution in [0.25, 0.3) is 5.57 Å². The number of rotatable bonds is 3. The predicted molar refractivity (Wildman–Crippen MR) is 55.3 cm³/mol. The molecule has 0 heterocycles. The lowest BCUT2D eigenvalue weighted by molar-refractivity contribution is 0.272. The Morgan fingerprint density at radius 1 is 1.50 bits per heavy atom. The van der Waals surface area contributed by atoms with Gasteiger partial charge >= 0.3 is 0 Å². The van der Waals surface area contributed by atoms with Crippen LogP contribution in [0.2, 0.25) is 0 Å². The third-order valence-corrected chi connectivity index (χ3v) is 2.04. The van der Waals surface area contributed by atoms with Crippen LogP contribution >= 0.6 is 0 Å². The second kappa shape index (κ2) is 4.15. The standard InChI is InChI=1S/C11H14O3/c1-7(2)8-4-9(6-12)11(13)10(5-8)14-3/h4-5,12-13H,1,6H2,2-3H3. The molecule has 1 rings (SSSR count). The summed E-state index contributed by atoms with van der Waals surface area (Å²) in [6.07, 6.45) is 0. The van der Waals surface area contributed by atoms with Crippen LogP contribution in [0.3, 0.4) is 0 Å². The summed E-state index contributed by atoms with van der Waals surface area (Å²) in [5, 5.41) is 18.6. The zero-order chi connectivity index (χ0) is 10.7. The maximum Gasteiger partial charge on any atom is 0.163 e. The van der Waals surface area contributed by atoms with Crippen LogP contribution in [0.1, 0.15) is 18.1 Å². The molecule has 1 aromatic carbocycles. The first kappa shape index (κ1) is 10.6. The fourth-order valence-corrected chi connectivity index (χ4v) is 1.19. The molecule has 0 radical (unpaired) electrons. The summed E-state index contributed by atoms with van der Waals surface area (Å²) < 4.78 is 4.98. The van der Waals surface area contributed by atoms with Crippen LogP contribution in [0, 0.1) is 0 Å². The van der Waals surface area contributed by atoms with E-state index in [2.05, 4.69) is 6.58 Å². The molecule has 0 spiro atoms. The quantitative estimate of drug-likeness (QED) is 0.773. The minimum atomic E-state index is -0.219. The molecule has 76 valence electrons. The second-order valence-corrected chi connectivity index (χ2v) is 3.12. The van der Waals surface area contributed by atoms with Gasteiger partial charge in [-0.3, -0.25) is 0 Å². The van der Waals surface area contributed by atoms with Crippen molar-refractivity contribution in [2.24, 2.45) is 0 Å². The highest BCUT2D eigenvalue weighted by Gasteiger charge is 2.09. The zero-order valence-corrected chi connectivity index (χ0v) is 8.37. The molecule has 0 atom stereocenters. The Morgan fingerprint density at radius 3 is 2.57 bits per heavy atom. The van der Waals surface area contributed by atoms with Crippen LogP contribution in [0.4, 0.5) is 0 Å². The van der Waals surface area contributed by atoms with E-state index in [1.165, 1.54) is 7.11 Å². The maximum atomic E-state index is 9.58. The van der Waals surface area contributed by atoms with Crippen LogP contribution in [0.5, 0.6) is 11.5 Å². The van der Waals surface area contributed by atoms with E-state index in [9.17, 15) is 5.11 Å². The van der Waals surface area contributed by atoms with Gasteiger partial charge in [-0.2, -0.15) is 0 Å². The zero-order valence-electron chi connectivity index (χ0n) is 8.37. The van der Waals surface area contributed by atoms with E-state index in [-0.39, 0.29) is 12.4 Å². The Labute approximate surface area is 83.3 Å². The van der Waals surface area contributed by atoms with Crippen molar-refractivity contribution in [1.82, 2.24) is 0 Å². The first-order chi connectivity index (χ1) is 6.60. The summed E-state index contributed by atoms with van der Waals surface area (Å²) in [5.74, 6) is 0.342. The lowest BCUT2D eigenvalue weighted by Crippen LogP contribution is -1.92. The fourth-order valence-electron chi connectivity index (χ4n) is 1.19. The summed E-state index contributed by atoms with van der Waals surface area (Å²) in [7, 11) is 1.47. The minimum Gasteiger partial charge on any atom is -0.504 e. The smallest absolute Gasteiger partial charge is 0.163 e. The number of ether oxygens (including phenoxy) is 1. The number of methoxy groups -OCH3 is 1. The molecule has 0 aliphatic heterocycles. The summed E-state index contributed by atoms with van der Waals surface area (Å²) in [6.45, 7) is 5.42. The average Bonchev–Trinajstić information content (AvgIpc) is 2.17. The van der Waals surface area contributed by atoms with Gasteiger partial charge in [0.2, 0.25) is 0 Å². The molecule has 0 aromatic heterocycles. The minimum absolute atomic E-state index is 0.0139. The van der Waals surface area contributed by atoms with Crippen LogP contribution < -0.4 is 4.74 Å². The van der Waals surface area contributed by atoms with Gasteiger partial charge in [0.1, 0.15) is 0 Å². The molecule has 0 aliphatic carbocycles. The predicted octanol–water partition coefficient (Wildman–Crippen LogP) is 1.93. The highest BCUT2D eigenvalue weighted by Crippen LogP contribution is 2.33. The van der Waals surface area contributed by atoms with Gasteiger partial charge in [-0.15, -0.1) is 0 Å². The Bertz CT molecular complexity index is 331. The van der Waals surface area contributed by atoms with E-state index < -0.39 is 0 Å². The van der Waals surface area contributed by atoms with Gasteiger partial charge in [0.15, 0.2) is 11.5 Å². The van der Waals surface area contributed by atoms with Crippen molar-refractivity contribution in [2.75, 3.05) is 7.11 Å². The number of aliphatic hydroxyl groups excluding tert-OH is 1. The molecular formula is C11H14O3.